The number of fused-ring (bicyclic) bond motifs is 1. The minimum Gasteiger partial charge on any atom is -0.383 e. The second-order valence-electron chi connectivity index (χ2n) is 6.30. The van der Waals surface area contributed by atoms with E-state index in [1.54, 1.807) is 7.11 Å². The number of nitro groups is 1. The number of ether oxygens (including phenoxy) is 1. The van der Waals surface area contributed by atoms with Crippen molar-refractivity contribution in [3.63, 3.8) is 0 Å². The normalized spacial score (nSPS) is 11.9. The molecule has 0 atom stereocenters. The average molecular weight is 420 g/mol. The van der Waals surface area contributed by atoms with Crippen molar-refractivity contribution in [2.75, 3.05) is 13.7 Å². The quantitative estimate of drug-likeness (QED) is 0.456. The van der Waals surface area contributed by atoms with Gasteiger partial charge in [-0.3, -0.25) is 14.9 Å². The molecule has 3 rings (SSSR count). The number of carbonyl (C=O) groups excluding carboxylic acids is 1. The summed E-state index contributed by atoms with van der Waals surface area (Å²) in [6.45, 7) is 5.00. The molecule has 0 aliphatic heterocycles. The van der Waals surface area contributed by atoms with Crippen molar-refractivity contribution in [1.82, 2.24) is 4.57 Å². The molecule has 3 aromatic rings. The monoisotopic (exact) mass is 419 g/mol. The fourth-order valence-corrected chi connectivity index (χ4v) is 4.24. The van der Waals surface area contributed by atoms with Gasteiger partial charge in [-0.25, -0.2) is 0 Å². The lowest BCUT2D eigenvalue weighted by atomic mass is 10.1. The van der Waals surface area contributed by atoms with Gasteiger partial charge in [0.25, 0.3) is 11.6 Å². The summed E-state index contributed by atoms with van der Waals surface area (Å²) < 4.78 is 8.14. The summed E-state index contributed by atoms with van der Waals surface area (Å²) in [7, 11) is 1.61. The van der Waals surface area contributed by atoms with Crippen LogP contribution < -0.4 is 4.80 Å². The first-order valence-electron chi connectivity index (χ1n) is 8.44. The van der Waals surface area contributed by atoms with Crippen LogP contribution in [0.3, 0.4) is 0 Å². The molecule has 0 saturated carbocycles. The maximum absolute atomic E-state index is 12.8. The lowest BCUT2D eigenvalue weighted by molar-refractivity contribution is -0.384. The first-order valence-corrected chi connectivity index (χ1v) is 9.63. The Balaban J connectivity index is 2.18. The average Bonchev–Trinajstić information content (AvgIpc) is 2.97. The van der Waals surface area contributed by atoms with Crippen LogP contribution in [0, 0.1) is 24.0 Å². The SMILES string of the molecule is COCCn1c(=NC(=O)c2cc([N+](=O)[O-])ccc2Cl)sc2c(C)cc(C)cc21. The van der Waals surface area contributed by atoms with Gasteiger partial charge >= 0.3 is 0 Å². The van der Waals surface area contributed by atoms with E-state index in [0.717, 1.165) is 27.4 Å². The molecule has 0 unspecified atom stereocenters. The van der Waals surface area contributed by atoms with Gasteiger partial charge in [0.05, 0.1) is 32.3 Å². The lowest BCUT2D eigenvalue weighted by Gasteiger charge is -2.06. The summed E-state index contributed by atoms with van der Waals surface area (Å²) in [6, 6.07) is 7.85. The molecule has 1 heterocycles. The van der Waals surface area contributed by atoms with Gasteiger partial charge in [0.15, 0.2) is 4.80 Å². The zero-order valence-electron chi connectivity index (χ0n) is 15.6. The molecule has 0 spiro atoms. The molecule has 0 aliphatic rings. The Hall–Kier alpha value is -2.55. The van der Waals surface area contributed by atoms with E-state index in [2.05, 4.69) is 11.1 Å². The number of methoxy groups -OCH3 is 1. The maximum Gasteiger partial charge on any atom is 0.281 e. The fraction of sp³-hybridized carbons (Fsp3) is 0.263. The third kappa shape index (κ3) is 3.99. The minimum atomic E-state index is -0.624. The Kier molecular flexibility index (Phi) is 5.93. The van der Waals surface area contributed by atoms with Crippen LogP contribution in [-0.4, -0.2) is 29.1 Å². The van der Waals surface area contributed by atoms with Crippen molar-refractivity contribution in [3.8, 4) is 0 Å². The number of nitrogens with zero attached hydrogens (tertiary/aromatic N) is 3. The Bertz CT molecular complexity index is 1150. The van der Waals surface area contributed by atoms with Gasteiger partial charge in [-0.2, -0.15) is 4.99 Å². The van der Waals surface area contributed by atoms with E-state index >= 15 is 0 Å². The first-order chi connectivity index (χ1) is 13.3. The zero-order chi connectivity index (χ0) is 20.4. The van der Waals surface area contributed by atoms with Gasteiger partial charge in [0, 0.05) is 25.8 Å². The second-order valence-corrected chi connectivity index (χ2v) is 7.68. The third-order valence-corrected chi connectivity index (χ3v) is 5.78. The highest BCUT2D eigenvalue weighted by molar-refractivity contribution is 7.16. The molecule has 0 bridgehead atoms. The third-order valence-electron chi connectivity index (χ3n) is 4.22. The van der Waals surface area contributed by atoms with Crippen LogP contribution >= 0.6 is 22.9 Å². The summed E-state index contributed by atoms with van der Waals surface area (Å²) >= 11 is 7.48. The topological polar surface area (TPSA) is 86.7 Å². The molecule has 0 fully saturated rings. The van der Waals surface area contributed by atoms with Gasteiger partial charge in [-0.05, 0) is 37.1 Å². The maximum atomic E-state index is 12.8. The van der Waals surface area contributed by atoms with Gasteiger partial charge < -0.3 is 9.30 Å². The molecule has 0 radical (unpaired) electrons. The molecule has 0 saturated heterocycles. The Morgan fingerprint density at radius 2 is 2.07 bits per heavy atom. The van der Waals surface area contributed by atoms with Crippen molar-refractivity contribution >= 4 is 44.7 Å². The molecule has 1 aromatic heterocycles. The molecule has 7 nitrogen and oxygen atoms in total. The first kappa shape index (κ1) is 20.2. The molecule has 0 aliphatic carbocycles. The number of rotatable bonds is 5. The number of carbonyl (C=O) groups is 1. The van der Waals surface area contributed by atoms with Crippen LogP contribution in [0.15, 0.2) is 35.3 Å². The van der Waals surface area contributed by atoms with E-state index in [-0.39, 0.29) is 16.3 Å². The number of non-ortho nitro benzene ring substituents is 1. The number of thiazole rings is 1. The van der Waals surface area contributed by atoms with E-state index in [9.17, 15) is 14.9 Å². The molecule has 1 amide bonds. The van der Waals surface area contributed by atoms with E-state index in [0.29, 0.717) is 18.0 Å². The highest BCUT2D eigenvalue weighted by Crippen LogP contribution is 2.25. The standard InChI is InChI=1S/C19H18ClN3O4S/c1-11-8-12(2)17-16(9-11)22(6-7-27-3)19(28-17)21-18(24)14-10-13(23(25)26)4-5-15(14)20/h4-5,8-10H,6-7H2,1-3H3. The van der Waals surface area contributed by atoms with E-state index in [1.165, 1.54) is 23.5 Å². The van der Waals surface area contributed by atoms with Crippen LogP contribution in [0.25, 0.3) is 10.2 Å². The van der Waals surface area contributed by atoms with Crippen LogP contribution in [0.2, 0.25) is 5.02 Å². The van der Waals surface area contributed by atoms with Crippen molar-refractivity contribution in [2.45, 2.75) is 20.4 Å². The number of aryl methyl sites for hydroxylation is 2. The van der Waals surface area contributed by atoms with Gasteiger partial charge in [0.2, 0.25) is 0 Å². The predicted molar refractivity (Wildman–Crippen MR) is 109 cm³/mol. The van der Waals surface area contributed by atoms with E-state index < -0.39 is 10.8 Å². The van der Waals surface area contributed by atoms with Crippen molar-refractivity contribution in [1.29, 1.82) is 0 Å². The number of amides is 1. The Labute approximate surface area is 170 Å². The highest BCUT2D eigenvalue weighted by Gasteiger charge is 2.17. The smallest absolute Gasteiger partial charge is 0.281 e. The minimum absolute atomic E-state index is 0.000447. The Morgan fingerprint density at radius 1 is 1.32 bits per heavy atom. The number of halogens is 1. The van der Waals surface area contributed by atoms with Crippen LogP contribution in [0.4, 0.5) is 5.69 Å². The molecule has 9 heteroatoms. The van der Waals surface area contributed by atoms with E-state index in [4.69, 9.17) is 16.3 Å². The van der Waals surface area contributed by atoms with Crippen molar-refractivity contribution in [3.05, 3.63) is 67.0 Å². The van der Waals surface area contributed by atoms with E-state index in [1.807, 2.05) is 24.5 Å². The zero-order valence-corrected chi connectivity index (χ0v) is 17.1. The number of benzene rings is 2. The van der Waals surface area contributed by atoms with Gasteiger partial charge in [0.1, 0.15) is 0 Å². The van der Waals surface area contributed by atoms with Gasteiger partial charge in [-0.1, -0.05) is 29.0 Å². The summed E-state index contributed by atoms with van der Waals surface area (Å²) in [5.41, 5.74) is 2.95. The summed E-state index contributed by atoms with van der Waals surface area (Å²) in [4.78, 5) is 27.9. The molecule has 2 aromatic carbocycles. The summed E-state index contributed by atoms with van der Waals surface area (Å²) in [6.07, 6.45) is 0. The highest BCUT2D eigenvalue weighted by atomic mass is 35.5. The van der Waals surface area contributed by atoms with Gasteiger partial charge in [-0.15, -0.1) is 0 Å². The molecular weight excluding hydrogens is 402 g/mol. The number of nitro benzene ring substituents is 1. The molecular formula is C19H18ClN3O4S. The predicted octanol–water partition coefficient (Wildman–Crippen LogP) is 4.27. The van der Waals surface area contributed by atoms with Crippen LogP contribution in [-0.2, 0) is 11.3 Å². The fourth-order valence-electron chi connectivity index (χ4n) is 2.93. The summed E-state index contributed by atoms with van der Waals surface area (Å²) in [5, 5.41) is 11.1. The molecule has 0 N–H and O–H groups in total. The number of hydrogen-bond acceptors (Lipinski definition) is 5. The largest absolute Gasteiger partial charge is 0.383 e. The van der Waals surface area contributed by atoms with Crippen LogP contribution in [0.5, 0.6) is 0 Å². The second kappa shape index (κ2) is 8.22. The Morgan fingerprint density at radius 3 is 2.75 bits per heavy atom. The molecule has 146 valence electrons. The molecule has 28 heavy (non-hydrogen) atoms. The lowest BCUT2D eigenvalue weighted by Crippen LogP contribution is -2.19. The summed E-state index contributed by atoms with van der Waals surface area (Å²) in [5.74, 6) is -0.624. The number of hydrogen-bond donors (Lipinski definition) is 0. The number of aromatic nitrogens is 1. The van der Waals surface area contributed by atoms with Crippen molar-refractivity contribution in [2.24, 2.45) is 4.99 Å². The van der Waals surface area contributed by atoms with Crippen LogP contribution in [0.1, 0.15) is 21.5 Å². The van der Waals surface area contributed by atoms with Crippen molar-refractivity contribution < 1.29 is 14.5 Å².